The third-order valence-electron chi connectivity index (χ3n) is 4.86. The van der Waals surface area contributed by atoms with Crippen molar-refractivity contribution in [1.82, 2.24) is 9.38 Å². The van der Waals surface area contributed by atoms with E-state index in [2.05, 4.69) is 22.7 Å². The minimum Gasteiger partial charge on any atom is -0.225 e. The monoisotopic (exact) mass is 485 g/mol. The minimum absolute atomic E-state index is 0.343. The Balaban J connectivity index is 0.000000654. The Morgan fingerprint density at radius 1 is 1.00 bits per heavy atom. The first kappa shape index (κ1) is 26.2. The number of benzene rings is 1. The van der Waals surface area contributed by atoms with Crippen LogP contribution in [0.4, 0.5) is 0 Å². The quantitative estimate of drug-likeness (QED) is 0.287. The highest BCUT2D eigenvalue weighted by Gasteiger charge is 2.19. The summed E-state index contributed by atoms with van der Waals surface area (Å²) in [5.74, 6) is 0.910. The van der Waals surface area contributed by atoms with E-state index in [4.69, 9.17) is 18.6 Å². The number of hydrogen-bond acceptors (Lipinski definition) is 7. The fourth-order valence-electron chi connectivity index (χ4n) is 3.37. The fraction of sp³-hybridized carbons (Fsp3) is 0.429. The number of sulfone groups is 1. The van der Waals surface area contributed by atoms with Crippen molar-refractivity contribution in [1.29, 1.82) is 0 Å². The Hall–Kier alpha value is -2.08. The number of nitrogens with zero attached hydrogens (tertiary/aromatic N) is 3. The van der Waals surface area contributed by atoms with Gasteiger partial charge in [0.25, 0.3) is 0 Å². The second-order valence-corrected chi connectivity index (χ2v) is 10.2. The molecule has 9 nitrogen and oxygen atoms in total. The maximum absolute atomic E-state index is 11.7. The zero-order valence-electron chi connectivity index (χ0n) is 18.1. The van der Waals surface area contributed by atoms with E-state index < -0.39 is 20.1 Å². The van der Waals surface area contributed by atoms with E-state index in [0.29, 0.717) is 4.90 Å². The first-order valence-corrected chi connectivity index (χ1v) is 13.4. The molecule has 0 radical (unpaired) electrons. The normalized spacial score (nSPS) is 11.9. The number of aryl methyl sites for hydroxylation is 1. The van der Waals surface area contributed by atoms with Gasteiger partial charge in [0.2, 0.25) is 0 Å². The minimum atomic E-state index is -4.94. The average molecular weight is 486 g/mol. The summed E-state index contributed by atoms with van der Waals surface area (Å²) in [6.45, 7) is 3.14. The second kappa shape index (κ2) is 11.7. The predicted octanol–water partition coefficient (Wildman–Crippen LogP) is -0.703. The zero-order chi connectivity index (χ0) is 23.8. The number of halogens is 1. The highest BCUT2D eigenvalue weighted by molar-refractivity contribution is 7.90. The van der Waals surface area contributed by atoms with E-state index in [1.165, 1.54) is 38.4 Å². The molecule has 0 aliphatic carbocycles. The van der Waals surface area contributed by atoms with Crippen LogP contribution in [0.5, 0.6) is 0 Å². The Kier molecular flexibility index (Phi) is 9.56. The van der Waals surface area contributed by atoms with Gasteiger partial charge in [-0.2, -0.15) is 0 Å². The molecule has 0 saturated carbocycles. The molecule has 3 aromatic rings. The van der Waals surface area contributed by atoms with Gasteiger partial charge in [-0.3, -0.25) is 0 Å². The molecule has 11 heteroatoms. The molecule has 0 amide bonds. The number of imidazole rings is 1. The third-order valence-corrected chi connectivity index (χ3v) is 5.99. The van der Waals surface area contributed by atoms with Crippen molar-refractivity contribution < 1.29 is 41.9 Å². The first-order chi connectivity index (χ1) is 15.0. The highest BCUT2D eigenvalue weighted by Crippen LogP contribution is 2.20. The number of unbranched alkanes of at least 4 members (excludes halogenated alkanes) is 5. The molecule has 1 aromatic carbocycles. The molecule has 0 spiro atoms. The predicted molar refractivity (Wildman–Crippen MR) is 107 cm³/mol. The maximum Gasteiger partial charge on any atom is 0.403 e. The molecule has 0 saturated heterocycles. The second-order valence-electron chi connectivity index (χ2n) is 7.44. The summed E-state index contributed by atoms with van der Waals surface area (Å²) in [5.41, 5.74) is 2.06. The highest BCUT2D eigenvalue weighted by atomic mass is 35.7. The van der Waals surface area contributed by atoms with E-state index in [9.17, 15) is 8.42 Å². The molecule has 176 valence electrons. The van der Waals surface area contributed by atoms with Crippen molar-refractivity contribution in [3.05, 3.63) is 48.9 Å². The van der Waals surface area contributed by atoms with Crippen LogP contribution in [-0.2, 0) is 16.4 Å². The summed E-state index contributed by atoms with van der Waals surface area (Å²) in [4.78, 5) is 4.89. The van der Waals surface area contributed by atoms with Gasteiger partial charge in [-0.1, -0.05) is 56.1 Å². The molecule has 0 unspecified atom stereocenters. The zero-order valence-corrected chi connectivity index (χ0v) is 19.7. The Labute approximate surface area is 190 Å². The molecule has 0 fully saturated rings. The Bertz CT molecular complexity index is 1090. The van der Waals surface area contributed by atoms with Crippen LogP contribution in [0.25, 0.3) is 17.0 Å². The van der Waals surface area contributed by atoms with Gasteiger partial charge >= 0.3 is 5.78 Å². The lowest BCUT2D eigenvalue weighted by Gasteiger charge is -2.17. The lowest BCUT2D eigenvalue weighted by molar-refractivity contribution is -2.00. The molecule has 2 heterocycles. The number of hydrogen-bond donors (Lipinski definition) is 0. The smallest absolute Gasteiger partial charge is 0.225 e. The van der Waals surface area contributed by atoms with Crippen molar-refractivity contribution in [3.8, 4) is 11.3 Å². The van der Waals surface area contributed by atoms with Gasteiger partial charge in [-0.15, -0.1) is 10.2 Å². The van der Waals surface area contributed by atoms with Crippen LogP contribution < -0.4 is 23.2 Å². The van der Waals surface area contributed by atoms with Crippen LogP contribution in [0.1, 0.15) is 45.4 Å². The SMILES string of the molecule is CCCCCCCC[n+]1c(-c2ccc(S(C)(=O)=O)cc2)cn2cccnc21.[O-][Cl+3]([O-])([O-])[O-]. The molecule has 32 heavy (non-hydrogen) atoms. The van der Waals surface area contributed by atoms with E-state index >= 15 is 0 Å². The van der Waals surface area contributed by atoms with Gasteiger partial charge in [-0.25, -0.2) is 36.0 Å². The van der Waals surface area contributed by atoms with Gasteiger partial charge in [0.1, 0.15) is 18.1 Å². The van der Waals surface area contributed by atoms with E-state index in [0.717, 1.165) is 30.0 Å². The summed E-state index contributed by atoms with van der Waals surface area (Å²) < 4.78 is 61.7. The van der Waals surface area contributed by atoms with Crippen molar-refractivity contribution >= 4 is 15.6 Å². The summed E-state index contributed by atoms with van der Waals surface area (Å²) in [6.07, 6.45) is 14.6. The summed E-state index contributed by atoms with van der Waals surface area (Å²) in [6, 6.07) is 9.02. The topological polar surface area (TPSA) is 148 Å². The lowest BCUT2D eigenvalue weighted by atomic mass is 10.1. The molecule has 0 atom stereocenters. The largest absolute Gasteiger partial charge is 0.403 e. The number of fused-ring (bicyclic) bond motifs is 1. The van der Waals surface area contributed by atoms with E-state index in [-0.39, 0.29) is 0 Å². The molecule has 0 aliphatic heterocycles. The van der Waals surface area contributed by atoms with Crippen LogP contribution >= 0.6 is 0 Å². The van der Waals surface area contributed by atoms with Gasteiger partial charge < -0.3 is 0 Å². The lowest BCUT2D eigenvalue weighted by Crippen LogP contribution is -2.68. The van der Waals surface area contributed by atoms with Crippen molar-refractivity contribution in [2.45, 2.75) is 56.9 Å². The maximum atomic E-state index is 11.7. The molecule has 2 aromatic heterocycles. The third kappa shape index (κ3) is 8.45. The van der Waals surface area contributed by atoms with Gasteiger partial charge in [0, 0.05) is 17.9 Å². The molecular formula is C21H28ClN3O6S. The fourth-order valence-corrected chi connectivity index (χ4v) is 4.00. The van der Waals surface area contributed by atoms with Crippen LogP contribution in [0.3, 0.4) is 0 Å². The van der Waals surface area contributed by atoms with E-state index in [1.807, 2.05) is 35.0 Å². The van der Waals surface area contributed by atoms with Crippen molar-refractivity contribution in [2.75, 3.05) is 6.26 Å². The molecule has 0 bridgehead atoms. The molecule has 3 rings (SSSR count). The number of rotatable bonds is 9. The molecule has 0 aliphatic rings. The number of aromatic nitrogens is 3. The summed E-state index contributed by atoms with van der Waals surface area (Å²) >= 11 is 0. The van der Waals surface area contributed by atoms with Crippen molar-refractivity contribution in [3.63, 3.8) is 0 Å². The average Bonchev–Trinajstić information content (AvgIpc) is 3.07. The van der Waals surface area contributed by atoms with Crippen molar-refractivity contribution in [2.24, 2.45) is 0 Å². The first-order valence-electron chi connectivity index (χ1n) is 10.3. The van der Waals surface area contributed by atoms with Crippen LogP contribution in [-0.4, -0.2) is 24.1 Å². The molecule has 0 N–H and O–H groups in total. The van der Waals surface area contributed by atoms with E-state index in [1.54, 1.807) is 12.1 Å². The Morgan fingerprint density at radius 2 is 1.59 bits per heavy atom. The Morgan fingerprint density at radius 3 is 2.19 bits per heavy atom. The van der Waals surface area contributed by atoms with Gasteiger partial charge in [0.05, 0.1) is 17.6 Å². The van der Waals surface area contributed by atoms with Gasteiger partial charge in [-0.05, 0) is 18.6 Å². The standard InChI is InChI=1S/C21H28N3O2S.ClHO4/c1-3-4-5-6-7-8-16-24-20(17-23-15-9-14-22-21(23)24)18-10-12-19(13-11-18)27(2,25)26;2-1(3,4)5/h9-15,17H,3-8,16H2,1-2H3;(H,2,3,4,5)/q+1;/p-1. The summed E-state index contributed by atoms with van der Waals surface area (Å²) in [7, 11) is -8.13. The van der Waals surface area contributed by atoms with Crippen LogP contribution in [0.2, 0.25) is 0 Å². The van der Waals surface area contributed by atoms with Crippen LogP contribution in [0, 0.1) is 10.2 Å². The van der Waals surface area contributed by atoms with Crippen LogP contribution in [0.15, 0.2) is 53.8 Å². The van der Waals surface area contributed by atoms with Gasteiger partial charge in [0.15, 0.2) is 9.84 Å². The summed E-state index contributed by atoms with van der Waals surface area (Å²) in [5, 5.41) is 0. The molecular weight excluding hydrogens is 458 g/mol.